The summed E-state index contributed by atoms with van der Waals surface area (Å²) < 4.78 is 0.771. The highest BCUT2D eigenvalue weighted by Gasteiger charge is 2.00. The van der Waals surface area contributed by atoms with Gasteiger partial charge in [0.1, 0.15) is 0 Å². The van der Waals surface area contributed by atoms with Gasteiger partial charge >= 0.3 is 6.09 Å². The van der Waals surface area contributed by atoms with Crippen LogP contribution in [0.5, 0.6) is 0 Å². The Balaban J connectivity index is 1.92. The molecular formula is C12H11ClN2O2S. The Bertz CT molecular complexity index is 539. The number of hydrogen-bond donors (Lipinski definition) is 3. The average molecular weight is 283 g/mol. The van der Waals surface area contributed by atoms with Crippen molar-refractivity contribution in [1.29, 1.82) is 0 Å². The summed E-state index contributed by atoms with van der Waals surface area (Å²) in [6.45, 7) is 0.698. The number of hydrogen-bond acceptors (Lipinski definition) is 3. The van der Waals surface area contributed by atoms with Crippen molar-refractivity contribution < 1.29 is 9.90 Å². The number of nitrogens with one attached hydrogen (secondary N) is 2. The maximum Gasteiger partial charge on any atom is 0.409 e. The molecule has 0 aliphatic carbocycles. The zero-order chi connectivity index (χ0) is 13.0. The van der Waals surface area contributed by atoms with Crippen LogP contribution in [0.1, 0.15) is 4.88 Å². The first kappa shape index (κ1) is 12.7. The van der Waals surface area contributed by atoms with Crippen LogP contribution < -0.4 is 10.6 Å². The summed E-state index contributed by atoms with van der Waals surface area (Å²) in [6, 6.07) is 10.9. The molecule has 3 N–H and O–H groups in total. The molecule has 0 saturated carbocycles. The second-order valence-electron chi connectivity index (χ2n) is 3.57. The molecule has 4 nitrogen and oxygen atoms in total. The molecule has 0 aliphatic heterocycles. The van der Waals surface area contributed by atoms with E-state index in [4.69, 9.17) is 16.7 Å². The first-order valence-electron chi connectivity index (χ1n) is 5.21. The predicted molar refractivity (Wildman–Crippen MR) is 74.7 cm³/mol. The molecule has 1 heterocycles. The molecule has 0 spiro atoms. The lowest BCUT2D eigenvalue weighted by molar-refractivity contribution is 0.210. The van der Waals surface area contributed by atoms with Gasteiger partial charge in [-0.3, -0.25) is 5.32 Å². The molecule has 0 saturated heterocycles. The lowest BCUT2D eigenvalue weighted by Crippen LogP contribution is -2.07. The van der Waals surface area contributed by atoms with E-state index in [1.165, 1.54) is 11.3 Å². The molecule has 1 amide bonds. The minimum atomic E-state index is -1.07. The summed E-state index contributed by atoms with van der Waals surface area (Å²) in [5.41, 5.74) is 1.47. The SMILES string of the molecule is O=C(O)Nc1ccc(NCc2ccc(Cl)s2)cc1. The van der Waals surface area contributed by atoms with Gasteiger partial charge in [-0.1, -0.05) is 11.6 Å². The second-order valence-corrected chi connectivity index (χ2v) is 5.37. The minimum Gasteiger partial charge on any atom is -0.465 e. The Morgan fingerprint density at radius 2 is 1.83 bits per heavy atom. The molecule has 0 unspecified atom stereocenters. The van der Waals surface area contributed by atoms with Gasteiger partial charge in [-0.05, 0) is 36.4 Å². The summed E-state index contributed by atoms with van der Waals surface area (Å²) in [5.74, 6) is 0. The van der Waals surface area contributed by atoms with Crippen LogP contribution >= 0.6 is 22.9 Å². The summed E-state index contributed by atoms with van der Waals surface area (Å²) in [6.07, 6.45) is -1.07. The van der Waals surface area contributed by atoms with E-state index in [9.17, 15) is 4.79 Å². The molecular weight excluding hydrogens is 272 g/mol. The van der Waals surface area contributed by atoms with E-state index in [0.717, 1.165) is 14.9 Å². The van der Waals surface area contributed by atoms with Gasteiger partial charge in [0.25, 0.3) is 0 Å². The maximum absolute atomic E-state index is 10.4. The van der Waals surface area contributed by atoms with Crippen LogP contribution in [-0.2, 0) is 6.54 Å². The summed E-state index contributed by atoms with van der Waals surface area (Å²) >= 11 is 7.37. The van der Waals surface area contributed by atoms with E-state index in [0.29, 0.717) is 12.2 Å². The first-order valence-corrected chi connectivity index (χ1v) is 6.41. The fraction of sp³-hybridized carbons (Fsp3) is 0.0833. The van der Waals surface area contributed by atoms with Crippen LogP contribution in [0, 0.1) is 0 Å². The van der Waals surface area contributed by atoms with Crippen molar-refractivity contribution in [2.24, 2.45) is 0 Å². The predicted octanol–water partition coefficient (Wildman–Crippen LogP) is 4.10. The molecule has 0 atom stereocenters. The van der Waals surface area contributed by atoms with Crippen LogP contribution in [0.2, 0.25) is 4.34 Å². The lowest BCUT2D eigenvalue weighted by atomic mass is 10.3. The summed E-state index contributed by atoms with van der Waals surface area (Å²) in [5, 5.41) is 14.1. The zero-order valence-corrected chi connectivity index (χ0v) is 10.9. The Morgan fingerprint density at radius 3 is 2.39 bits per heavy atom. The lowest BCUT2D eigenvalue weighted by Gasteiger charge is -2.06. The fourth-order valence-electron chi connectivity index (χ4n) is 1.43. The van der Waals surface area contributed by atoms with Gasteiger partial charge in [0.15, 0.2) is 0 Å². The molecule has 94 valence electrons. The number of anilines is 2. The molecule has 1 aromatic heterocycles. The van der Waals surface area contributed by atoms with Crippen molar-refractivity contribution in [1.82, 2.24) is 0 Å². The minimum absolute atomic E-state index is 0.548. The van der Waals surface area contributed by atoms with Crippen molar-refractivity contribution in [3.05, 3.63) is 45.6 Å². The third kappa shape index (κ3) is 3.65. The molecule has 0 radical (unpaired) electrons. The highest BCUT2D eigenvalue weighted by Crippen LogP contribution is 2.22. The van der Waals surface area contributed by atoms with Gasteiger partial charge in [0, 0.05) is 22.8 Å². The summed E-state index contributed by atoms with van der Waals surface area (Å²) in [7, 11) is 0. The Labute approximate surface area is 113 Å². The van der Waals surface area contributed by atoms with Gasteiger partial charge in [-0.25, -0.2) is 4.79 Å². The summed E-state index contributed by atoms with van der Waals surface area (Å²) in [4.78, 5) is 11.6. The Hall–Kier alpha value is -1.72. The van der Waals surface area contributed by atoms with Gasteiger partial charge < -0.3 is 10.4 Å². The van der Waals surface area contributed by atoms with Crippen LogP contribution in [0.4, 0.5) is 16.2 Å². The third-order valence-corrected chi connectivity index (χ3v) is 3.46. The average Bonchev–Trinajstić information content (AvgIpc) is 2.74. The van der Waals surface area contributed by atoms with Gasteiger partial charge in [-0.15, -0.1) is 11.3 Å². The van der Waals surface area contributed by atoms with E-state index in [1.54, 1.807) is 12.1 Å². The Morgan fingerprint density at radius 1 is 1.17 bits per heavy atom. The monoisotopic (exact) mass is 282 g/mol. The quantitative estimate of drug-likeness (QED) is 0.791. The number of rotatable bonds is 4. The topological polar surface area (TPSA) is 61.4 Å². The van der Waals surface area contributed by atoms with Crippen molar-refractivity contribution >= 4 is 40.4 Å². The highest BCUT2D eigenvalue weighted by molar-refractivity contribution is 7.16. The normalized spacial score (nSPS) is 10.1. The van der Waals surface area contributed by atoms with Gasteiger partial charge in [0.05, 0.1) is 4.34 Å². The van der Waals surface area contributed by atoms with E-state index in [1.807, 2.05) is 24.3 Å². The van der Waals surface area contributed by atoms with Gasteiger partial charge in [0.2, 0.25) is 0 Å². The van der Waals surface area contributed by atoms with Crippen molar-refractivity contribution in [3.63, 3.8) is 0 Å². The molecule has 0 bridgehead atoms. The largest absolute Gasteiger partial charge is 0.465 e. The second kappa shape index (κ2) is 5.75. The number of carboxylic acid groups (broad SMARTS) is 1. The van der Waals surface area contributed by atoms with Crippen LogP contribution in [-0.4, -0.2) is 11.2 Å². The van der Waals surface area contributed by atoms with E-state index in [2.05, 4.69) is 10.6 Å². The standard InChI is InChI=1S/C12H11ClN2O2S/c13-11-6-5-10(18-11)7-14-8-1-3-9(4-2-8)15-12(16)17/h1-6,14-15H,7H2,(H,16,17). The first-order chi connectivity index (χ1) is 8.63. The van der Waals surface area contributed by atoms with Crippen molar-refractivity contribution in [2.75, 3.05) is 10.6 Å². The number of thiophene rings is 1. The molecule has 2 aromatic rings. The molecule has 2 rings (SSSR count). The van der Waals surface area contributed by atoms with Crippen molar-refractivity contribution in [2.45, 2.75) is 6.54 Å². The molecule has 0 aliphatic rings. The smallest absolute Gasteiger partial charge is 0.409 e. The number of benzene rings is 1. The Kier molecular flexibility index (Phi) is 4.07. The fourth-order valence-corrected chi connectivity index (χ4v) is 2.46. The molecule has 1 aromatic carbocycles. The van der Waals surface area contributed by atoms with E-state index < -0.39 is 6.09 Å². The molecule has 6 heteroatoms. The van der Waals surface area contributed by atoms with E-state index >= 15 is 0 Å². The number of carbonyl (C=O) groups is 1. The molecule has 0 fully saturated rings. The van der Waals surface area contributed by atoms with Crippen LogP contribution in [0.15, 0.2) is 36.4 Å². The van der Waals surface area contributed by atoms with Crippen molar-refractivity contribution in [3.8, 4) is 0 Å². The third-order valence-electron chi connectivity index (χ3n) is 2.23. The maximum atomic E-state index is 10.4. The van der Waals surface area contributed by atoms with Gasteiger partial charge in [-0.2, -0.15) is 0 Å². The number of halogens is 1. The number of amides is 1. The highest BCUT2D eigenvalue weighted by atomic mass is 35.5. The van der Waals surface area contributed by atoms with Crippen LogP contribution in [0.25, 0.3) is 0 Å². The zero-order valence-electron chi connectivity index (χ0n) is 9.31. The van der Waals surface area contributed by atoms with Crippen LogP contribution in [0.3, 0.4) is 0 Å². The molecule has 18 heavy (non-hydrogen) atoms. The van der Waals surface area contributed by atoms with E-state index in [-0.39, 0.29) is 0 Å².